The number of hydrogen-bond acceptors (Lipinski definition) is 2. The van der Waals surface area contributed by atoms with Gasteiger partial charge in [0.15, 0.2) is 0 Å². The molecule has 3 rings (SSSR count). The average molecular weight is 244 g/mol. The van der Waals surface area contributed by atoms with Crippen molar-refractivity contribution in [1.29, 1.82) is 0 Å². The molecule has 1 aromatic carbocycles. The molecule has 4 heteroatoms. The van der Waals surface area contributed by atoms with Gasteiger partial charge < -0.3 is 4.98 Å². The Morgan fingerprint density at radius 3 is 2.83 bits per heavy atom. The molecule has 1 heterocycles. The zero-order chi connectivity index (χ0) is 12.5. The number of para-hydroxylation sites is 1. The maximum atomic E-state index is 11.2. The number of aromatic nitrogens is 1. The average Bonchev–Trinajstić information content (AvgIpc) is 2.82. The van der Waals surface area contributed by atoms with Gasteiger partial charge in [-0.1, -0.05) is 24.6 Å². The van der Waals surface area contributed by atoms with Crippen molar-refractivity contribution >= 4 is 10.9 Å². The van der Waals surface area contributed by atoms with Crippen LogP contribution in [0, 0.1) is 10.1 Å². The summed E-state index contributed by atoms with van der Waals surface area (Å²) in [6.07, 6.45) is 5.65. The van der Waals surface area contributed by atoms with Crippen molar-refractivity contribution in [1.82, 2.24) is 4.98 Å². The van der Waals surface area contributed by atoms with Crippen molar-refractivity contribution in [2.45, 2.75) is 37.6 Å². The van der Waals surface area contributed by atoms with E-state index >= 15 is 0 Å². The highest BCUT2D eigenvalue weighted by atomic mass is 16.6. The van der Waals surface area contributed by atoms with Gasteiger partial charge in [-0.3, -0.25) is 10.1 Å². The van der Waals surface area contributed by atoms with E-state index in [0.717, 1.165) is 35.7 Å². The van der Waals surface area contributed by atoms with E-state index in [1.807, 2.05) is 30.5 Å². The van der Waals surface area contributed by atoms with Crippen molar-refractivity contribution < 1.29 is 4.92 Å². The first-order chi connectivity index (χ1) is 8.77. The number of aromatic amines is 1. The van der Waals surface area contributed by atoms with Crippen molar-refractivity contribution in [2.24, 2.45) is 0 Å². The Balaban J connectivity index is 2.04. The third kappa shape index (κ3) is 1.78. The first kappa shape index (κ1) is 11.3. The number of rotatable bonds is 2. The fraction of sp³-hybridized carbons (Fsp3) is 0.429. The van der Waals surface area contributed by atoms with Crippen molar-refractivity contribution in [2.75, 3.05) is 0 Å². The largest absolute Gasteiger partial charge is 0.361 e. The lowest BCUT2D eigenvalue weighted by molar-refractivity contribution is -0.530. The van der Waals surface area contributed by atoms with E-state index in [1.54, 1.807) is 0 Å². The number of hydrogen-bond donors (Lipinski definition) is 1. The molecule has 0 amide bonds. The molecular weight excluding hydrogens is 228 g/mol. The molecule has 1 fully saturated rings. The summed E-state index contributed by atoms with van der Waals surface area (Å²) in [7, 11) is 0. The Bertz CT molecular complexity index is 576. The van der Waals surface area contributed by atoms with E-state index in [1.165, 1.54) is 0 Å². The zero-order valence-electron chi connectivity index (χ0n) is 10.1. The number of nitro groups is 1. The van der Waals surface area contributed by atoms with Crippen LogP contribution in [0.4, 0.5) is 0 Å². The molecule has 1 N–H and O–H groups in total. The summed E-state index contributed by atoms with van der Waals surface area (Å²) in [6, 6.07) is 7.62. The molecule has 18 heavy (non-hydrogen) atoms. The lowest BCUT2D eigenvalue weighted by Crippen LogP contribution is -2.30. The van der Waals surface area contributed by atoms with Crippen LogP contribution < -0.4 is 0 Å². The Morgan fingerprint density at radius 2 is 2.00 bits per heavy atom. The Labute approximate surface area is 105 Å². The van der Waals surface area contributed by atoms with Crippen LogP contribution in [0.2, 0.25) is 0 Å². The predicted octanol–water partition coefficient (Wildman–Crippen LogP) is 3.47. The van der Waals surface area contributed by atoms with Gasteiger partial charge in [0.05, 0.1) is 5.92 Å². The molecule has 0 saturated heterocycles. The number of nitrogens with zero attached hydrogens (tertiary/aromatic N) is 1. The van der Waals surface area contributed by atoms with Crippen LogP contribution in [-0.4, -0.2) is 15.9 Å². The monoisotopic (exact) mass is 244 g/mol. The first-order valence-electron chi connectivity index (χ1n) is 6.47. The van der Waals surface area contributed by atoms with Crippen molar-refractivity contribution in [3.8, 4) is 0 Å². The van der Waals surface area contributed by atoms with E-state index in [2.05, 4.69) is 4.98 Å². The Hall–Kier alpha value is -1.84. The van der Waals surface area contributed by atoms with Crippen LogP contribution in [0.15, 0.2) is 30.5 Å². The van der Waals surface area contributed by atoms with Gasteiger partial charge >= 0.3 is 0 Å². The third-order valence-electron chi connectivity index (χ3n) is 4.02. The first-order valence-corrected chi connectivity index (χ1v) is 6.47. The van der Waals surface area contributed by atoms with Gasteiger partial charge in [0.25, 0.3) is 0 Å². The normalized spacial score (nSPS) is 24.2. The molecule has 4 nitrogen and oxygen atoms in total. The number of H-pyrrole nitrogens is 1. The topological polar surface area (TPSA) is 58.9 Å². The van der Waals surface area contributed by atoms with Crippen LogP contribution >= 0.6 is 0 Å². The van der Waals surface area contributed by atoms with E-state index in [4.69, 9.17) is 0 Å². The molecule has 1 aromatic heterocycles. The number of fused-ring (bicyclic) bond motifs is 1. The summed E-state index contributed by atoms with van der Waals surface area (Å²) in [6.45, 7) is 0. The molecule has 2 unspecified atom stereocenters. The van der Waals surface area contributed by atoms with Crippen molar-refractivity contribution in [3.05, 3.63) is 46.1 Å². The lowest BCUT2D eigenvalue weighted by Gasteiger charge is -2.25. The molecule has 0 bridgehead atoms. The van der Waals surface area contributed by atoms with Gasteiger partial charge in [0.1, 0.15) is 0 Å². The highest BCUT2D eigenvalue weighted by molar-refractivity contribution is 5.83. The molecule has 0 radical (unpaired) electrons. The highest BCUT2D eigenvalue weighted by Gasteiger charge is 2.36. The second kappa shape index (κ2) is 4.44. The van der Waals surface area contributed by atoms with Crippen molar-refractivity contribution in [3.63, 3.8) is 0 Å². The Kier molecular flexibility index (Phi) is 2.78. The van der Waals surface area contributed by atoms with Crippen LogP contribution in [0.25, 0.3) is 10.9 Å². The molecule has 0 aliphatic heterocycles. The zero-order valence-corrected chi connectivity index (χ0v) is 10.1. The van der Waals surface area contributed by atoms with Crippen LogP contribution in [-0.2, 0) is 0 Å². The fourth-order valence-electron chi connectivity index (χ4n) is 3.13. The van der Waals surface area contributed by atoms with Gasteiger partial charge in [0, 0.05) is 28.4 Å². The predicted molar refractivity (Wildman–Crippen MR) is 70.3 cm³/mol. The minimum atomic E-state index is -0.419. The van der Waals surface area contributed by atoms with E-state index in [-0.39, 0.29) is 10.8 Å². The smallest absolute Gasteiger partial charge is 0.220 e. The molecule has 1 aliphatic carbocycles. The van der Waals surface area contributed by atoms with Gasteiger partial charge in [-0.05, 0) is 24.5 Å². The van der Waals surface area contributed by atoms with Gasteiger partial charge in [-0.25, -0.2) is 0 Å². The summed E-state index contributed by atoms with van der Waals surface area (Å²) in [5.41, 5.74) is 2.19. The second-order valence-electron chi connectivity index (χ2n) is 5.03. The quantitative estimate of drug-likeness (QED) is 0.649. The van der Waals surface area contributed by atoms with Crippen LogP contribution in [0.5, 0.6) is 0 Å². The maximum Gasteiger partial charge on any atom is 0.220 e. The SMILES string of the molecule is O=[N+]([O-])C1CCCCC1c1c[nH]c2ccccc12. The minimum absolute atomic E-state index is 0.0601. The fourth-order valence-corrected chi connectivity index (χ4v) is 3.13. The summed E-state index contributed by atoms with van der Waals surface area (Å²) >= 11 is 0. The van der Waals surface area contributed by atoms with Crippen LogP contribution in [0.1, 0.15) is 37.2 Å². The number of benzene rings is 1. The molecule has 2 aromatic rings. The minimum Gasteiger partial charge on any atom is -0.361 e. The van der Waals surface area contributed by atoms with E-state index < -0.39 is 6.04 Å². The summed E-state index contributed by atoms with van der Waals surface area (Å²) < 4.78 is 0. The molecule has 0 spiro atoms. The van der Waals surface area contributed by atoms with Crippen LogP contribution in [0.3, 0.4) is 0 Å². The van der Waals surface area contributed by atoms with Gasteiger partial charge in [-0.15, -0.1) is 0 Å². The molecule has 1 aliphatic rings. The summed E-state index contributed by atoms with van der Waals surface area (Å²) in [5, 5.41) is 12.3. The molecule has 1 saturated carbocycles. The Morgan fingerprint density at radius 1 is 1.22 bits per heavy atom. The molecule has 94 valence electrons. The van der Waals surface area contributed by atoms with E-state index in [0.29, 0.717) is 6.42 Å². The summed E-state index contributed by atoms with van der Waals surface area (Å²) in [5.74, 6) is 0.0601. The second-order valence-corrected chi connectivity index (χ2v) is 5.03. The summed E-state index contributed by atoms with van der Waals surface area (Å²) in [4.78, 5) is 14.3. The van der Waals surface area contributed by atoms with Gasteiger partial charge in [0.2, 0.25) is 6.04 Å². The van der Waals surface area contributed by atoms with E-state index in [9.17, 15) is 10.1 Å². The maximum absolute atomic E-state index is 11.2. The third-order valence-corrected chi connectivity index (χ3v) is 4.02. The molecular formula is C14H16N2O2. The highest BCUT2D eigenvalue weighted by Crippen LogP contribution is 2.37. The standard InChI is InChI=1S/C14H16N2O2/c17-16(18)14-8-4-2-6-11(14)12-9-15-13-7-3-1-5-10(12)13/h1,3,5,7,9,11,14-15H,2,4,6,8H2. The molecule has 2 atom stereocenters. The lowest BCUT2D eigenvalue weighted by atomic mass is 9.80. The van der Waals surface area contributed by atoms with Gasteiger partial charge in [-0.2, -0.15) is 0 Å². The number of nitrogens with one attached hydrogen (secondary N) is 1.